The van der Waals surface area contributed by atoms with Crippen LogP contribution in [0.15, 0.2) is 52.5 Å². The van der Waals surface area contributed by atoms with Gasteiger partial charge < -0.3 is 25.2 Å². The molecule has 1 atom stereocenters. The number of anilines is 1. The van der Waals surface area contributed by atoms with Gasteiger partial charge in [-0.2, -0.15) is 11.3 Å². The molecule has 2 aromatic heterocycles. The molecule has 3 N–H and O–H groups in total. The maximum Gasteiger partial charge on any atom is 0.313 e. The summed E-state index contributed by atoms with van der Waals surface area (Å²) in [6.07, 6.45) is 0. The molecule has 0 unspecified atom stereocenters. The maximum atomic E-state index is 12.3. The minimum Gasteiger partial charge on any atom is -0.454 e. The van der Waals surface area contributed by atoms with Gasteiger partial charge in [-0.3, -0.25) is 9.59 Å². The molecule has 2 amide bonds. The van der Waals surface area contributed by atoms with E-state index >= 15 is 0 Å². The lowest BCUT2D eigenvalue weighted by molar-refractivity contribution is -0.136. The fraction of sp³-hybridized carbons (Fsp3) is 0.158. The first kappa shape index (κ1) is 18.5. The highest BCUT2D eigenvalue weighted by Gasteiger charge is 2.34. The van der Waals surface area contributed by atoms with Crippen molar-refractivity contribution >= 4 is 40.2 Å². The maximum absolute atomic E-state index is 12.3. The van der Waals surface area contributed by atoms with Crippen LogP contribution in [0.25, 0.3) is 0 Å². The second kappa shape index (κ2) is 7.63. The van der Waals surface area contributed by atoms with E-state index in [1.165, 1.54) is 22.7 Å². The molecular formula is C19H16N2O5S2. The Morgan fingerprint density at radius 2 is 1.96 bits per heavy atom. The molecule has 4 rings (SSSR count). The van der Waals surface area contributed by atoms with Gasteiger partial charge >= 0.3 is 11.8 Å². The Balaban J connectivity index is 1.43. The number of fused-ring (bicyclic) bond motifs is 1. The molecule has 28 heavy (non-hydrogen) atoms. The first-order valence-electron chi connectivity index (χ1n) is 8.34. The highest BCUT2D eigenvalue weighted by molar-refractivity contribution is 7.10. The summed E-state index contributed by atoms with van der Waals surface area (Å²) in [6, 6.07) is 10.3. The molecule has 7 nitrogen and oxygen atoms in total. The van der Waals surface area contributed by atoms with E-state index in [-0.39, 0.29) is 13.3 Å². The summed E-state index contributed by atoms with van der Waals surface area (Å²) in [6.45, 7) is -0.00521. The van der Waals surface area contributed by atoms with Crippen LogP contribution < -0.4 is 20.1 Å². The number of amides is 2. The summed E-state index contributed by atoms with van der Waals surface area (Å²) in [5, 5.41) is 21.8. The number of hydrogen-bond acceptors (Lipinski definition) is 7. The Labute approximate surface area is 168 Å². The zero-order valence-corrected chi connectivity index (χ0v) is 16.1. The number of ether oxygens (including phenoxy) is 2. The number of aliphatic hydroxyl groups is 1. The van der Waals surface area contributed by atoms with Gasteiger partial charge in [0.1, 0.15) is 5.60 Å². The largest absolute Gasteiger partial charge is 0.454 e. The molecule has 9 heteroatoms. The van der Waals surface area contributed by atoms with E-state index in [1.54, 1.807) is 30.3 Å². The predicted molar refractivity (Wildman–Crippen MR) is 106 cm³/mol. The zero-order chi connectivity index (χ0) is 19.6. The van der Waals surface area contributed by atoms with Crippen molar-refractivity contribution in [3.8, 4) is 11.5 Å². The van der Waals surface area contributed by atoms with Crippen LogP contribution in [0.1, 0.15) is 10.4 Å². The summed E-state index contributed by atoms with van der Waals surface area (Å²) in [4.78, 5) is 25.2. The van der Waals surface area contributed by atoms with Gasteiger partial charge in [0.2, 0.25) is 6.79 Å². The standard InChI is InChI=1S/C19H16N2O5S2/c22-17(18(23)21-13-3-4-14-15(8-13)26-11-25-14)20-10-19(24,12-5-7-27-9-12)16-2-1-6-28-16/h1-9,24H,10-11H2,(H,20,22)(H,21,23)/t19-/m0/s1. The Morgan fingerprint density at radius 1 is 1.11 bits per heavy atom. The highest BCUT2D eigenvalue weighted by atomic mass is 32.1. The number of nitrogens with one attached hydrogen (secondary N) is 2. The molecule has 1 aliphatic rings. The molecule has 3 heterocycles. The lowest BCUT2D eigenvalue weighted by atomic mass is 9.94. The fourth-order valence-electron chi connectivity index (χ4n) is 2.80. The molecule has 1 aromatic carbocycles. The molecule has 0 saturated heterocycles. The third-order valence-corrected chi connectivity index (χ3v) is 5.97. The van der Waals surface area contributed by atoms with E-state index in [2.05, 4.69) is 10.6 Å². The normalized spacial score (nSPS) is 14.3. The minimum atomic E-state index is -1.40. The molecule has 0 saturated carbocycles. The van der Waals surface area contributed by atoms with E-state index in [9.17, 15) is 14.7 Å². The van der Waals surface area contributed by atoms with E-state index in [4.69, 9.17) is 9.47 Å². The molecule has 144 valence electrons. The van der Waals surface area contributed by atoms with Crippen LogP contribution in [0, 0.1) is 0 Å². The van der Waals surface area contributed by atoms with Crippen LogP contribution in [-0.4, -0.2) is 30.3 Å². The molecule has 0 bridgehead atoms. The van der Waals surface area contributed by atoms with Crippen molar-refractivity contribution in [2.24, 2.45) is 0 Å². The Bertz CT molecular complexity index is 952. The smallest absolute Gasteiger partial charge is 0.313 e. The van der Waals surface area contributed by atoms with Crippen molar-refractivity contribution in [3.05, 3.63) is 63.0 Å². The van der Waals surface area contributed by atoms with Gasteiger partial charge in [0.15, 0.2) is 11.5 Å². The van der Waals surface area contributed by atoms with Crippen LogP contribution in [0.5, 0.6) is 11.5 Å². The number of carbonyl (C=O) groups is 2. The topological polar surface area (TPSA) is 96.9 Å². The molecule has 0 spiro atoms. The van der Waals surface area contributed by atoms with Gasteiger partial charge in [-0.1, -0.05) is 6.07 Å². The minimum absolute atomic E-state index is 0.122. The fourth-order valence-corrected chi connectivity index (χ4v) is 4.37. The van der Waals surface area contributed by atoms with Crippen molar-refractivity contribution < 1.29 is 24.2 Å². The monoisotopic (exact) mass is 416 g/mol. The van der Waals surface area contributed by atoms with Crippen LogP contribution in [0.3, 0.4) is 0 Å². The summed E-state index contributed by atoms with van der Waals surface area (Å²) >= 11 is 2.83. The van der Waals surface area contributed by atoms with Crippen LogP contribution in [-0.2, 0) is 15.2 Å². The average molecular weight is 416 g/mol. The molecule has 0 fully saturated rings. The van der Waals surface area contributed by atoms with Crippen molar-refractivity contribution in [3.63, 3.8) is 0 Å². The summed E-state index contributed by atoms with van der Waals surface area (Å²) in [5.41, 5.74) is -0.324. The Hall–Kier alpha value is -2.88. The van der Waals surface area contributed by atoms with Gasteiger partial charge in [0.25, 0.3) is 0 Å². The summed E-state index contributed by atoms with van der Waals surface area (Å²) in [7, 11) is 0. The lowest BCUT2D eigenvalue weighted by Crippen LogP contribution is -2.44. The number of hydrogen-bond donors (Lipinski definition) is 3. The quantitative estimate of drug-likeness (QED) is 0.556. The van der Waals surface area contributed by atoms with Crippen LogP contribution in [0.4, 0.5) is 5.69 Å². The van der Waals surface area contributed by atoms with Crippen LogP contribution in [0.2, 0.25) is 0 Å². The van der Waals surface area contributed by atoms with Gasteiger partial charge in [-0.15, -0.1) is 11.3 Å². The third kappa shape index (κ3) is 3.59. The van der Waals surface area contributed by atoms with E-state index in [0.29, 0.717) is 27.6 Å². The third-order valence-electron chi connectivity index (χ3n) is 4.27. The average Bonchev–Trinajstić information content (AvgIpc) is 3.47. The number of thiophene rings is 2. The summed E-state index contributed by atoms with van der Waals surface area (Å²) in [5.74, 6) is -0.595. The Morgan fingerprint density at radius 3 is 2.71 bits per heavy atom. The highest BCUT2D eigenvalue weighted by Crippen LogP contribution is 2.35. The zero-order valence-electron chi connectivity index (χ0n) is 14.5. The van der Waals surface area contributed by atoms with Gasteiger partial charge in [0, 0.05) is 22.2 Å². The van der Waals surface area contributed by atoms with Gasteiger partial charge in [0.05, 0.1) is 6.54 Å². The van der Waals surface area contributed by atoms with Gasteiger partial charge in [-0.25, -0.2) is 0 Å². The number of rotatable bonds is 5. The molecule has 0 radical (unpaired) electrons. The molecule has 3 aromatic rings. The van der Waals surface area contributed by atoms with E-state index in [0.717, 1.165) is 0 Å². The van der Waals surface area contributed by atoms with Crippen molar-refractivity contribution in [2.45, 2.75) is 5.60 Å². The van der Waals surface area contributed by atoms with Gasteiger partial charge in [-0.05, 0) is 40.4 Å². The lowest BCUT2D eigenvalue weighted by Gasteiger charge is -2.26. The summed E-state index contributed by atoms with van der Waals surface area (Å²) < 4.78 is 10.5. The van der Waals surface area contributed by atoms with Crippen molar-refractivity contribution in [1.82, 2.24) is 5.32 Å². The van der Waals surface area contributed by atoms with E-state index in [1.807, 2.05) is 22.2 Å². The Kier molecular flexibility index (Phi) is 5.03. The SMILES string of the molecule is O=C(NC[C@](O)(c1ccsc1)c1cccs1)C(=O)Nc1ccc2c(c1)OCO2. The number of benzene rings is 1. The second-order valence-corrected chi connectivity index (χ2v) is 7.78. The second-order valence-electron chi connectivity index (χ2n) is 6.05. The first-order chi connectivity index (χ1) is 13.6. The molecule has 0 aliphatic carbocycles. The van der Waals surface area contributed by atoms with Crippen molar-refractivity contribution in [2.75, 3.05) is 18.7 Å². The predicted octanol–water partition coefficient (Wildman–Crippen LogP) is 2.53. The first-order valence-corrected chi connectivity index (χ1v) is 10.2. The molecular weight excluding hydrogens is 400 g/mol. The van der Waals surface area contributed by atoms with Crippen LogP contribution >= 0.6 is 22.7 Å². The van der Waals surface area contributed by atoms with Crippen molar-refractivity contribution in [1.29, 1.82) is 0 Å². The number of carbonyl (C=O) groups excluding carboxylic acids is 2. The molecule has 1 aliphatic heterocycles. The van der Waals surface area contributed by atoms with E-state index < -0.39 is 17.4 Å².